The van der Waals surface area contributed by atoms with E-state index < -0.39 is 0 Å². The molecule has 96 valence electrons. The number of aliphatic hydroxyl groups is 1. The van der Waals surface area contributed by atoms with Gasteiger partial charge in [0.2, 0.25) is 0 Å². The number of nitrogens with two attached hydrogens (primary N) is 1. The van der Waals surface area contributed by atoms with Gasteiger partial charge in [0.15, 0.2) is 0 Å². The van der Waals surface area contributed by atoms with Crippen molar-refractivity contribution in [3.63, 3.8) is 0 Å². The molecule has 0 unspecified atom stereocenters. The van der Waals surface area contributed by atoms with Crippen LogP contribution >= 0.6 is 0 Å². The van der Waals surface area contributed by atoms with Crippen molar-refractivity contribution in [2.24, 2.45) is 0 Å². The van der Waals surface area contributed by atoms with E-state index >= 15 is 0 Å². The summed E-state index contributed by atoms with van der Waals surface area (Å²) in [7, 11) is 0. The Morgan fingerprint density at radius 2 is 2.28 bits per heavy atom. The highest BCUT2D eigenvalue weighted by atomic mass is 16.3. The number of anilines is 1. The van der Waals surface area contributed by atoms with Gasteiger partial charge in [-0.1, -0.05) is 0 Å². The highest BCUT2D eigenvalue weighted by Crippen LogP contribution is 2.25. The third-order valence-corrected chi connectivity index (χ3v) is 2.96. The summed E-state index contributed by atoms with van der Waals surface area (Å²) in [4.78, 5) is 19.0. The number of amides is 1. The maximum Gasteiger partial charge on any atom is 0.270 e. The third kappa shape index (κ3) is 2.02. The summed E-state index contributed by atoms with van der Waals surface area (Å²) in [6.45, 7) is 4.00. The number of carbonyl (C=O) groups excluding carboxylic acids is 1. The van der Waals surface area contributed by atoms with Crippen molar-refractivity contribution >= 4 is 22.6 Å². The van der Waals surface area contributed by atoms with Gasteiger partial charge in [-0.15, -0.1) is 0 Å². The molecule has 6 nitrogen and oxygen atoms in total. The molecular weight excluding hydrogens is 232 g/mol. The fraction of sp³-hybridized carbons (Fsp3) is 0.333. The highest BCUT2D eigenvalue weighted by Gasteiger charge is 2.14. The quantitative estimate of drug-likeness (QED) is 0.634. The molecule has 0 spiro atoms. The van der Waals surface area contributed by atoms with Gasteiger partial charge in [-0.2, -0.15) is 0 Å². The molecule has 0 aromatic carbocycles. The predicted molar refractivity (Wildman–Crippen MR) is 69.4 cm³/mol. The van der Waals surface area contributed by atoms with Crippen molar-refractivity contribution in [3.8, 4) is 0 Å². The maximum atomic E-state index is 11.8. The fourth-order valence-electron chi connectivity index (χ4n) is 1.85. The van der Waals surface area contributed by atoms with E-state index in [1.54, 1.807) is 6.07 Å². The Balaban J connectivity index is 2.48. The number of nitrogens with zero attached hydrogens (tertiary/aromatic N) is 1. The average molecular weight is 248 g/mol. The molecule has 2 rings (SSSR count). The number of carbonyl (C=O) groups is 1. The summed E-state index contributed by atoms with van der Waals surface area (Å²) >= 11 is 0. The Morgan fingerprint density at radius 3 is 2.94 bits per heavy atom. The molecule has 18 heavy (non-hydrogen) atoms. The lowest BCUT2D eigenvalue weighted by atomic mass is 10.1. The molecule has 2 aromatic heterocycles. The number of hydrogen-bond acceptors (Lipinski definition) is 4. The second-order valence-corrected chi connectivity index (χ2v) is 4.17. The molecule has 0 radical (unpaired) electrons. The Morgan fingerprint density at radius 1 is 1.56 bits per heavy atom. The van der Waals surface area contributed by atoms with Crippen LogP contribution in [0.3, 0.4) is 0 Å². The van der Waals surface area contributed by atoms with Crippen LogP contribution in [0.25, 0.3) is 10.9 Å². The Labute approximate surface area is 104 Å². The van der Waals surface area contributed by atoms with Gasteiger partial charge in [-0.05, 0) is 25.5 Å². The maximum absolute atomic E-state index is 11.8. The first-order valence-electron chi connectivity index (χ1n) is 5.69. The van der Waals surface area contributed by atoms with Crippen molar-refractivity contribution in [1.29, 1.82) is 0 Å². The number of rotatable bonds is 3. The van der Waals surface area contributed by atoms with Crippen LogP contribution in [0.15, 0.2) is 6.07 Å². The number of aryl methyl sites for hydroxylation is 2. The highest BCUT2D eigenvalue weighted by molar-refractivity contribution is 6.00. The molecule has 0 fully saturated rings. The van der Waals surface area contributed by atoms with Crippen molar-refractivity contribution in [1.82, 2.24) is 15.3 Å². The first-order chi connectivity index (χ1) is 8.54. The standard InChI is InChI=1S/C12H16N4O2/c1-6-7(2)15-10-8(6)5-9(16-11(10)13)12(18)14-3-4-17/h5,15,17H,3-4H2,1-2H3,(H2,13,16)(H,14,18). The Kier molecular flexibility index (Phi) is 3.20. The van der Waals surface area contributed by atoms with Crippen LogP contribution in [-0.2, 0) is 0 Å². The number of pyridine rings is 1. The van der Waals surface area contributed by atoms with Crippen LogP contribution in [0.2, 0.25) is 0 Å². The SMILES string of the molecule is Cc1[nH]c2c(N)nc(C(=O)NCCO)cc2c1C. The molecular formula is C12H16N4O2. The van der Waals surface area contributed by atoms with E-state index in [2.05, 4.69) is 15.3 Å². The van der Waals surface area contributed by atoms with Crippen molar-refractivity contribution in [2.45, 2.75) is 13.8 Å². The lowest BCUT2D eigenvalue weighted by Gasteiger charge is -2.04. The lowest BCUT2D eigenvalue weighted by molar-refractivity contribution is 0.0940. The van der Waals surface area contributed by atoms with Crippen LogP contribution < -0.4 is 11.1 Å². The van der Waals surface area contributed by atoms with Crippen LogP contribution in [0.4, 0.5) is 5.82 Å². The molecule has 2 heterocycles. The largest absolute Gasteiger partial charge is 0.395 e. The number of fused-ring (bicyclic) bond motifs is 1. The summed E-state index contributed by atoms with van der Waals surface area (Å²) < 4.78 is 0. The number of hydrogen-bond donors (Lipinski definition) is 4. The normalized spacial score (nSPS) is 10.8. The fourth-order valence-corrected chi connectivity index (χ4v) is 1.85. The van der Waals surface area contributed by atoms with Crippen molar-refractivity contribution < 1.29 is 9.90 Å². The minimum Gasteiger partial charge on any atom is -0.395 e. The predicted octanol–water partition coefficient (Wildman–Crippen LogP) is 0.484. The van der Waals surface area contributed by atoms with E-state index in [1.165, 1.54) is 0 Å². The van der Waals surface area contributed by atoms with Crippen LogP contribution in [-0.4, -0.2) is 34.1 Å². The smallest absolute Gasteiger partial charge is 0.270 e. The van der Waals surface area contributed by atoms with E-state index in [0.29, 0.717) is 5.82 Å². The Hall–Kier alpha value is -2.08. The first kappa shape index (κ1) is 12.4. The summed E-state index contributed by atoms with van der Waals surface area (Å²) in [6.07, 6.45) is 0. The zero-order valence-corrected chi connectivity index (χ0v) is 10.4. The van der Waals surface area contributed by atoms with E-state index in [9.17, 15) is 4.79 Å². The van der Waals surface area contributed by atoms with E-state index in [0.717, 1.165) is 22.2 Å². The second kappa shape index (κ2) is 4.66. The lowest BCUT2D eigenvalue weighted by Crippen LogP contribution is -2.27. The molecule has 0 saturated heterocycles. The summed E-state index contributed by atoms with van der Waals surface area (Å²) in [5, 5.41) is 12.1. The van der Waals surface area contributed by atoms with E-state index in [-0.39, 0.29) is 24.8 Å². The van der Waals surface area contributed by atoms with Crippen molar-refractivity contribution in [3.05, 3.63) is 23.0 Å². The molecule has 0 bridgehead atoms. The Bertz CT molecular complexity index is 604. The number of aromatic amines is 1. The topological polar surface area (TPSA) is 104 Å². The number of nitrogen functional groups attached to an aromatic ring is 1. The monoisotopic (exact) mass is 248 g/mol. The molecule has 0 aliphatic heterocycles. The van der Waals surface area contributed by atoms with E-state index in [1.807, 2.05) is 13.8 Å². The molecule has 6 heteroatoms. The zero-order valence-electron chi connectivity index (χ0n) is 10.4. The molecule has 0 aliphatic rings. The third-order valence-electron chi connectivity index (χ3n) is 2.96. The molecule has 0 saturated carbocycles. The second-order valence-electron chi connectivity index (χ2n) is 4.17. The minimum atomic E-state index is -0.337. The van der Waals surface area contributed by atoms with Gasteiger partial charge in [0.25, 0.3) is 5.91 Å². The van der Waals surface area contributed by atoms with Crippen molar-refractivity contribution in [2.75, 3.05) is 18.9 Å². The van der Waals surface area contributed by atoms with Gasteiger partial charge < -0.3 is 21.1 Å². The van der Waals surface area contributed by atoms with Gasteiger partial charge in [0.1, 0.15) is 11.5 Å². The molecule has 0 aliphatic carbocycles. The summed E-state index contributed by atoms with van der Waals surface area (Å²) in [5.74, 6) is -0.0336. The van der Waals surface area contributed by atoms with Crippen LogP contribution in [0.1, 0.15) is 21.7 Å². The molecule has 5 N–H and O–H groups in total. The number of aliphatic hydroxyl groups excluding tert-OH is 1. The molecule has 0 atom stereocenters. The summed E-state index contributed by atoms with van der Waals surface area (Å²) in [6, 6.07) is 1.71. The minimum absolute atomic E-state index is 0.105. The van der Waals surface area contributed by atoms with Gasteiger partial charge in [0, 0.05) is 17.6 Å². The first-order valence-corrected chi connectivity index (χ1v) is 5.69. The average Bonchev–Trinajstić information content (AvgIpc) is 2.64. The van der Waals surface area contributed by atoms with E-state index in [4.69, 9.17) is 10.8 Å². The number of aromatic nitrogens is 2. The van der Waals surface area contributed by atoms with Crippen LogP contribution in [0, 0.1) is 13.8 Å². The van der Waals surface area contributed by atoms with Gasteiger partial charge >= 0.3 is 0 Å². The zero-order chi connectivity index (χ0) is 13.3. The summed E-state index contributed by atoms with van der Waals surface area (Å²) in [5.41, 5.74) is 8.90. The molecule has 2 aromatic rings. The van der Waals surface area contributed by atoms with Gasteiger partial charge in [0.05, 0.1) is 12.1 Å². The molecule has 1 amide bonds. The van der Waals surface area contributed by atoms with Crippen LogP contribution in [0.5, 0.6) is 0 Å². The number of H-pyrrole nitrogens is 1. The van der Waals surface area contributed by atoms with Gasteiger partial charge in [-0.3, -0.25) is 4.79 Å². The number of nitrogens with one attached hydrogen (secondary N) is 2. The van der Waals surface area contributed by atoms with Gasteiger partial charge in [-0.25, -0.2) is 4.98 Å².